The van der Waals surface area contributed by atoms with Crippen molar-refractivity contribution >= 4 is 23.1 Å². The van der Waals surface area contributed by atoms with Gasteiger partial charge in [-0.3, -0.25) is 4.79 Å². The maximum Gasteiger partial charge on any atom is 0.185 e. The summed E-state index contributed by atoms with van der Waals surface area (Å²) in [6.07, 6.45) is 3.81. The van der Waals surface area contributed by atoms with Crippen LogP contribution in [0, 0.1) is 10.8 Å². The summed E-state index contributed by atoms with van der Waals surface area (Å²) >= 11 is 6.30. The molecule has 1 unspecified atom stereocenters. The van der Waals surface area contributed by atoms with Gasteiger partial charge in [-0.05, 0) is 46.7 Å². The molecular weight excluding hydrogens is 406 g/mol. The summed E-state index contributed by atoms with van der Waals surface area (Å²) in [6.45, 7) is 12.5. The van der Waals surface area contributed by atoms with E-state index >= 15 is 0 Å². The van der Waals surface area contributed by atoms with Gasteiger partial charge in [-0.1, -0.05) is 83.5 Å². The molecule has 0 bridgehead atoms. The van der Waals surface area contributed by atoms with Crippen LogP contribution in [-0.4, -0.2) is 11.3 Å². The van der Waals surface area contributed by atoms with Crippen LogP contribution in [0.1, 0.15) is 53.2 Å². The van der Waals surface area contributed by atoms with Crippen LogP contribution in [-0.2, 0) is 4.79 Å². The minimum absolute atomic E-state index is 0.108. The first-order chi connectivity index (χ1) is 14.4. The summed E-state index contributed by atoms with van der Waals surface area (Å²) in [6, 6.07) is 15.8. The smallest absolute Gasteiger partial charge is 0.185 e. The van der Waals surface area contributed by atoms with E-state index in [0.717, 1.165) is 28.1 Å². The Balaban J connectivity index is 2.01. The lowest BCUT2D eigenvalue weighted by Gasteiger charge is -2.47. The number of carbonyl (C=O) groups is 1. The number of fused-ring (bicyclic) bond motifs is 1. The molecule has 0 radical (unpaired) electrons. The van der Waals surface area contributed by atoms with E-state index < -0.39 is 5.54 Å². The minimum atomic E-state index is -0.724. The SMILES string of the molecule is CC(C)(C)C1=CC2(C=C(C(C)(C)C)C1=O)Nc1cc(Cl)ccc1OC2c1ccccc1. The van der Waals surface area contributed by atoms with Crippen molar-refractivity contribution in [3.8, 4) is 5.75 Å². The summed E-state index contributed by atoms with van der Waals surface area (Å²) in [4.78, 5) is 13.6. The molecule has 162 valence electrons. The van der Waals surface area contributed by atoms with Gasteiger partial charge in [0.05, 0.1) is 5.69 Å². The Morgan fingerprint density at radius 1 is 0.903 bits per heavy atom. The molecule has 3 nitrogen and oxygen atoms in total. The van der Waals surface area contributed by atoms with E-state index in [1.165, 1.54) is 0 Å². The summed E-state index contributed by atoms with van der Waals surface area (Å²) in [5, 5.41) is 4.35. The molecule has 2 aromatic carbocycles. The molecule has 1 spiro atoms. The lowest BCUT2D eigenvalue weighted by molar-refractivity contribution is -0.114. The van der Waals surface area contributed by atoms with E-state index in [1.54, 1.807) is 0 Å². The van der Waals surface area contributed by atoms with E-state index in [2.05, 4.69) is 71.1 Å². The maximum absolute atomic E-state index is 13.6. The molecule has 1 atom stereocenters. The van der Waals surface area contributed by atoms with Crippen molar-refractivity contribution in [2.24, 2.45) is 10.8 Å². The molecule has 4 rings (SSSR count). The third-order valence-corrected chi connectivity index (χ3v) is 6.18. The zero-order valence-electron chi connectivity index (χ0n) is 19.0. The zero-order chi connectivity index (χ0) is 22.6. The number of nitrogens with one attached hydrogen (secondary N) is 1. The second-order valence-electron chi connectivity index (χ2n) is 10.6. The molecule has 1 aliphatic heterocycles. The van der Waals surface area contributed by atoms with Gasteiger partial charge in [-0.25, -0.2) is 0 Å². The molecule has 1 heterocycles. The first kappa shape index (κ1) is 21.7. The van der Waals surface area contributed by atoms with Crippen LogP contribution in [0.25, 0.3) is 0 Å². The Labute approximate surface area is 190 Å². The van der Waals surface area contributed by atoms with Gasteiger partial charge in [0.2, 0.25) is 0 Å². The zero-order valence-corrected chi connectivity index (χ0v) is 19.8. The van der Waals surface area contributed by atoms with Crippen LogP contribution >= 0.6 is 11.6 Å². The summed E-state index contributed by atoms with van der Waals surface area (Å²) in [7, 11) is 0. The Morgan fingerprint density at radius 3 is 2.03 bits per heavy atom. The molecule has 2 aromatic rings. The normalized spacial score (nSPS) is 20.4. The molecule has 2 aliphatic rings. The Hall–Kier alpha value is -2.52. The van der Waals surface area contributed by atoms with Gasteiger partial charge in [0.25, 0.3) is 0 Å². The highest BCUT2D eigenvalue weighted by atomic mass is 35.5. The van der Waals surface area contributed by atoms with Crippen LogP contribution in [0.4, 0.5) is 5.69 Å². The molecule has 0 amide bonds. The fraction of sp³-hybridized carbons (Fsp3) is 0.370. The highest BCUT2D eigenvalue weighted by Gasteiger charge is 2.48. The number of rotatable bonds is 1. The number of hydrogen-bond donors (Lipinski definition) is 1. The topological polar surface area (TPSA) is 38.3 Å². The molecule has 1 N–H and O–H groups in total. The van der Waals surface area contributed by atoms with E-state index in [0.29, 0.717) is 5.02 Å². The average molecular weight is 436 g/mol. The number of hydrogen-bond acceptors (Lipinski definition) is 3. The second kappa shape index (κ2) is 7.27. The number of Topliss-reactive ketones (excluding diaryl/α,β-unsaturated/α-hetero) is 1. The van der Waals surface area contributed by atoms with Crippen molar-refractivity contribution in [3.05, 3.63) is 82.4 Å². The van der Waals surface area contributed by atoms with Gasteiger partial charge in [0.15, 0.2) is 11.9 Å². The van der Waals surface area contributed by atoms with Gasteiger partial charge < -0.3 is 10.1 Å². The summed E-state index contributed by atoms with van der Waals surface area (Å²) < 4.78 is 6.60. The number of allylic oxidation sites excluding steroid dienone is 2. The van der Waals surface area contributed by atoms with Crippen molar-refractivity contribution in [3.63, 3.8) is 0 Å². The highest BCUT2D eigenvalue weighted by molar-refractivity contribution is 6.31. The van der Waals surface area contributed by atoms with Crippen molar-refractivity contribution in [2.75, 3.05) is 5.32 Å². The predicted octanol–water partition coefficient (Wildman–Crippen LogP) is 7.15. The van der Waals surface area contributed by atoms with Gasteiger partial charge in [0, 0.05) is 16.2 Å². The van der Waals surface area contributed by atoms with Gasteiger partial charge in [0.1, 0.15) is 11.3 Å². The third-order valence-electron chi connectivity index (χ3n) is 5.95. The number of carbonyl (C=O) groups excluding carboxylic acids is 1. The minimum Gasteiger partial charge on any atom is -0.480 e. The van der Waals surface area contributed by atoms with Crippen molar-refractivity contribution < 1.29 is 9.53 Å². The molecule has 0 aromatic heterocycles. The van der Waals surface area contributed by atoms with Crippen molar-refractivity contribution in [2.45, 2.75) is 53.2 Å². The number of ether oxygens (including phenoxy) is 1. The van der Waals surface area contributed by atoms with Gasteiger partial charge in [-0.2, -0.15) is 0 Å². The second-order valence-corrected chi connectivity index (χ2v) is 11.0. The first-order valence-electron chi connectivity index (χ1n) is 10.7. The summed E-state index contributed by atoms with van der Waals surface area (Å²) in [5.74, 6) is 0.855. The number of anilines is 1. The molecule has 0 saturated carbocycles. The molecule has 0 saturated heterocycles. The van der Waals surface area contributed by atoms with Crippen molar-refractivity contribution in [1.29, 1.82) is 0 Å². The highest BCUT2D eigenvalue weighted by Crippen LogP contribution is 2.50. The monoisotopic (exact) mass is 435 g/mol. The maximum atomic E-state index is 13.6. The van der Waals surface area contributed by atoms with Crippen LogP contribution in [0.15, 0.2) is 71.8 Å². The quantitative estimate of drug-likeness (QED) is 0.516. The molecule has 31 heavy (non-hydrogen) atoms. The van der Waals surface area contributed by atoms with Crippen LogP contribution in [0.5, 0.6) is 5.75 Å². The fourth-order valence-electron chi connectivity index (χ4n) is 4.33. The van der Waals surface area contributed by atoms with E-state index in [-0.39, 0.29) is 22.7 Å². The largest absolute Gasteiger partial charge is 0.480 e. The molecule has 4 heteroatoms. The van der Waals surface area contributed by atoms with Crippen LogP contribution in [0.2, 0.25) is 5.02 Å². The van der Waals surface area contributed by atoms with E-state index in [9.17, 15) is 4.79 Å². The van der Waals surface area contributed by atoms with Crippen LogP contribution in [0.3, 0.4) is 0 Å². The summed E-state index contributed by atoms with van der Waals surface area (Å²) in [5.41, 5.74) is 2.10. The van der Waals surface area contributed by atoms with Gasteiger partial charge in [-0.15, -0.1) is 0 Å². The van der Waals surface area contributed by atoms with Gasteiger partial charge >= 0.3 is 0 Å². The third kappa shape index (κ3) is 3.92. The Bertz CT molecular complexity index is 1050. The average Bonchev–Trinajstić information content (AvgIpc) is 2.68. The molecule has 1 aliphatic carbocycles. The Kier molecular flexibility index (Phi) is 5.09. The van der Waals surface area contributed by atoms with E-state index in [1.807, 2.05) is 36.4 Å². The first-order valence-corrected chi connectivity index (χ1v) is 11.1. The molecular formula is C27H30ClNO2. The Morgan fingerprint density at radius 2 is 1.48 bits per heavy atom. The lowest BCUT2D eigenvalue weighted by Crippen LogP contribution is -2.50. The predicted molar refractivity (Wildman–Crippen MR) is 128 cm³/mol. The number of ketones is 1. The van der Waals surface area contributed by atoms with E-state index in [4.69, 9.17) is 16.3 Å². The lowest BCUT2D eigenvalue weighted by atomic mass is 9.67. The van der Waals surface area contributed by atoms with Crippen molar-refractivity contribution in [1.82, 2.24) is 0 Å². The fourth-order valence-corrected chi connectivity index (χ4v) is 4.50. The number of halogens is 1. The molecule has 0 fully saturated rings. The number of benzene rings is 2. The van der Waals surface area contributed by atoms with Crippen LogP contribution < -0.4 is 10.1 Å². The standard InChI is InChI=1S/C27H30ClNO2/c1-25(2,3)19-15-27(16-20(23(19)30)26(4,5)6)24(17-10-8-7-9-11-17)31-22-13-12-18(28)14-21(22)29-27/h7-16,24,29H,1-6H3.